The highest BCUT2D eigenvalue weighted by atomic mass is 32.1. The van der Waals surface area contributed by atoms with E-state index < -0.39 is 0 Å². The molecule has 1 saturated heterocycles. The van der Waals surface area contributed by atoms with Crippen molar-refractivity contribution in [2.45, 2.75) is 13.1 Å². The number of fused-ring (bicyclic) bond motifs is 2. The number of benzene rings is 2. The van der Waals surface area contributed by atoms with Crippen molar-refractivity contribution in [3.05, 3.63) is 69.0 Å². The maximum Gasteiger partial charge on any atom is 0.261 e. The summed E-state index contributed by atoms with van der Waals surface area (Å²) in [5.74, 6) is 2.25. The van der Waals surface area contributed by atoms with E-state index in [0.29, 0.717) is 44.9 Å². The number of para-hydroxylation sites is 1. The van der Waals surface area contributed by atoms with Crippen molar-refractivity contribution in [1.82, 2.24) is 19.4 Å². The minimum atomic E-state index is -0.0371. The zero-order valence-corrected chi connectivity index (χ0v) is 19.4. The predicted octanol–water partition coefficient (Wildman–Crippen LogP) is 3.17. The second-order valence-electron chi connectivity index (χ2n) is 8.31. The topological polar surface area (TPSA) is 78.7 Å². The summed E-state index contributed by atoms with van der Waals surface area (Å²) in [6, 6.07) is 13.4. The van der Waals surface area contributed by atoms with Crippen molar-refractivity contribution in [3.63, 3.8) is 0 Å². The maximum atomic E-state index is 13.5. The van der Waals surface area contributed by atoms with Gasteiger partial charge in [-0.05, 0) is 30.3 Å². The molecule has 174 valence electrons. The number of hydrogen-bond acceptors (Lipinski definition) is 8. The summed E-state index contributed by atoms with van der Waals surface area (Å²) in [5, 5.41) is 3.49. The first-order chi connectivity index (χ1) is 16.7. The average Bonchev–Trinajstić information content (AvgIpc) is 3.35. The van der Waals surface area contributed by atoms with Gasteiger partial charge in [0.1, 0.15) is 24.0 Å². The molecule has 34 heavy (non-hydrogen) atoms. The first kappa shape index (κ1) is 21.3. The van der Waals surface area contributed by atoms with Crippen molar-refractivity contribution in [2.75, 3.05) is 39.5 Å². The van der Waals surface area contributed by atoms with E-state index in [2.05, 4.69) is 4.90 Å². The summed E-state index contributed by atoms with van der Waals surface area (Å²) in [6.45, 7) is 5.14. The molecule has 0 amide bonds. The van der Waals surface area contributed by atoms with E-state index in [9.17, 15) is 4.79 Å². The fraction of sp³-hybridized carbons (Fsp3) is 0.320. The molecule has 9 heteroatoms. The molecule has 6 rings (SSSR count). The monoisotopic (exact) mass is 476 g/mol. The van der Waals surface area contributed by atoms with Gasteiger partial charge in [0.05, 0.1) is 42.9 Å². The molecule has 0 aliphatic carbocycles. The molecule has 8 nitrogen and oxygen atoms in total. The molecule has 2 aliphatic rings. The number of hydrogen-bond donors (Lipinski definition) is 0. The predicted molar refractivity (Wildman–Crippen MR) is 130 cm³/mol. The fourth-order valence-corrected chi connectivity index (χ4v) is 5.10. The van der Waals surface area contributed by atoms with E-state index in [1.54, 1.807) is 15.9 Å². The molecule has 2 aromatic carbocycles. The number of rotatable bonds is 5. The third-order valence-electron chi connectivity index (χ3n) is 6.09. The Morgan fingerprint density at radius 1 is 0.912 bits per heavy atom. The van der Waals surface area contributed by atoms with E-state index in [0.717, 1.165) is 52.2 Å². The lowest BCUT2D eigenvalue weighted by molar-refractivity contribution is 0.0325. The largest absolute Gasteiger partial charge is 0.486 e. The van der Waals surface area contributed by atoms with Crippen LogP contribution in [0.25, 0.3) is 22.2 Å². The molecule has 0 radical (unpaired) electrons. The van der Waals surface area contributed by atoms with Crippen LogP contribution in [0, 0.1) is 0 Å². The molecular formula is C25H24N4O4S. The Bertz CT molecular complexity index is 1390. The fourth-order valence-electron chi connectivity index (χ4n) is 4.31. The second-order valence-corrected chi connectivity index (χ2v) is 9.25. The molecule has 0 saturated carbocycles. The first-order valence-electron chi connectivity index (χ1n) is 11.4. The summed E-state index contributed by atoms with van der Waals surface area (Å²) in [7, 11) is 0. The van der Waals surface area contributed by atoms with Crippen molar-refractivity contribution < 1.29 is 14.2 Å². The summed E-state index contributed by atoms with van der Waals surface area (Å²) in [4.78, 5) is 25.4. The summed E-state index contributed by atoms with van der Waals surface area (Å²) >= 11 is 1.54. The van der Waals surface area contributed by atoms with Gasteiger partial charge < -0.3 is 14.2 Å². The number of thiazole rings is 1. The lowest BCUT2D eigenvalue weighted by Crippen LogP contribution is -2.38. The second kappa shape index (κ2) is 9.17. The van der Waals surface area contributed by atoms with Gasteiger partial charge in [0, 0.05) is 24.0 Å². The zero-order chi connectivity index (χ0) is 22.9. The molecule has 0 N–H and O–H groups in total. The van der Waals surface area contributed by atoms with Gasteiger partial charge in [-0.3, -0.25) is 14.3 Å². The molecule has 0 bridgehead atoms. The van der Waals surface area contributed by atoms with Gasteiger partial charge in [0.15, 0.2) is 11.5 Å². The lowest BCUT2D eigenvalue weighted by atomic mass is 10.1. The minimum Gasteiger partial charge on any atom is -0.486 e. The Balaban J connectivity index is 1.33. The van der Waals surface area contributed by atoms with Crippen LogP contribution in [-0.4, -0.2) is 59.0 Å². The van der Waals surface area contributed by atoms with E-state index in [1.807, 2.05) is 47.8 Å². The smallest absolute Gasteiger partial charge is 0.261 e. The van der Waals surface area contributed by atoms with Gasteiger partial charge in [-0.25, -0.2) is 9.97 Å². The van der Waals surface area contributed by atoms with Gasteiger partial charge in [0.2, 0.25) is 0 Å². The minimum absolute atomic E-state index is 0.0371. The van der Waals surface area contributed by atoms with Crippen LogP contribution in [0.3, 0.4) is 0 Å². The standard InChI is InChI=1S/C25H24N4O4S/c30-25-18-3-1-2-4-19(18)26-23(14-28-7-9-31-10-8-28)29(25)15-24-27-20(16-34-24)17-5-6-21-22(13-17)33-12-11-32-21/h1-6,13,16H,7-12,14-15H2. The van der Waals surface area contributed by atoms with Crippen molar-refractivity contribution in [1.29, 1.82) is 0 Å². The van der Waals surface area contributed by atoms with Crippen LogP contribution in [0.5, 0.6) is 11.5 Å². The molecule has 0 atom stereocenters. The SMILES string of the molecule is O=c1c2ccccc2nc(CN2CCOCC2)n1Cc1nc(-c2ccc3c(c2)OCCO3)cs1. The molecule has 2 aromatic heterocycles. The van der Waals surface area contributed by atoms with Crippen LogP contribution >= 0.6 is 11.3 Å². The third-order valence-corrected chi connectivity index (χ3v) is 6.93. The molecule has 4 aromatic rings. The molecule has 2 aliphatic heterocycles. The Hall–Kier alpha value is -3.27. The molecular weight excluding hydrogens is 452 g/mol. The van der Waals surface area contributed by atoms with Crippen LogP contribution in [-0.2, 0) is 17.8 Å². The number of ether oxygens (including phenoxy) is 3. The van der Waals surface area contributed by atoms with Gasteiger partial charge in [-0.1, -0.05) is 12.1 Å². The van der Waals surface area contributed by atoms with Crippen LogP contribution in [0.4, 0.5) is 0 Å². The first-order valence-corrected chi connectivity index (χ1v) is 12.3. The number of nitrogens with zero attached hydrogens (tertiary/aromatic N) is 4. The lowest BCUT2D eigenvalue weighted by Gasteiger charge is -2.27. The van der Waals surface area contributed by atoms with Crippen LogP contribution in [0.1, 0.15) is 10.8 Å². The van der Waals surface area contributed by atoms with Gasteiger partial charge >= 0.3 is 0 Å². The molecule has 1 fully saturated rings. The van der Waals surface area contributed by atoms with Gasteiger partial charge in [-0.2, -0.15) is 0 Å². The zero-order valence-electron chi connectivity index (χ0n) is 18.6. The van der Waals surface area contributed by atoms with Gasteiger partial charge in [-0.15, -0.1) is 11.3 Å². The molecule has 0 spiro atoms. The Kier molecular flexibility index (Phi) is 5.74. The summed E-state index contributed by atoms with van der Waals surface area (Å²) in [6.07, 6.45) is 0. The summed E-state index contributed by atoms with van der Waals surface area (Å²) < 4.78 is 18.6. The van der Waals surface area contributed by atoms with E-state index in [-0.39, 0.29) is 5.56 Å². The Morgan fingerprint density at radius 2 is 1.74 bits per heavy atom. The number of aromatic nitrogens is 3. The quantitative estimate of drug-likeness (QED) is 0.438. The highest BCUT2D eigenvalue weighted by molar-refractivity contribution is 7.09. The van der Waals surface area contributed by atoms with Crippen LogP contribution < -0.4 is 15.0 Å². The van der Waals surface area contributed by atoms with Crippen molar-refractivity contribution in [2.24, 2.45) is 0 Å². The van der Waals surface area contributed by atoms with Gasteiger partial charge in [0.25, 0.3) is 5.56 Å². The van der Waals surface area contributed by atoms with Crippen LogP contribution in [0.15, 0.2) is 52.6 Å². The number of morpholine rings is 1. The Labute approximate surface area is 200 Å². The van der Waals surface area contributed by atoms with Crippen LogP contribution in [0.2, 0.25) is 0 Å². The highest BCUT2D eigenvalue weighted by Crippen LogP contribution is 2.34. The van der Waals surface area contributed by atoms with E-state index in [4.69, 9.17) is 24.2 Å². The van der Waals surface area contributed by atoms with E-state index in [1.165, 1.54) is 0 Å². The summed E-state index contributed by atoms with van der Waals surface area (Å²) in [5.41, 5.74) is 2.51. The maximum absolute atomic E-state index is 13.5. The van der Waals surface area contributed by atoms with Crippen molar-refractivity contribution in [3.8, 4) is 22.8 Å². The van der Waals surface area contributed by atoms with E-state index >= 15 is 0 Å². The highest BCUT2D eigenvalue weighted by Gasteiger charge is 2.19. The van der Waals surface area contributed by atoms with Crippen molar-refractivity contribution >= 4 is 22.2 Å². The third kappa shape index (κ3) is 4.18. The normalized spacial score (nSPS) is 16.1. The average molecular weight is 477 g/mol. The Morgan fingerprint density at radius 3 is 2.62 bits per heavy atom. The molecule has 0 unspecified atom stereocenters. The molecule has 4 heterocycles.